The van der Waals surface area contributed by atoms with Gasteiger partial charge in [-0.05, 0) is 50.2 Å². The summed E-state index contributed by atoms with van der Waals surface area (Å²) in [6.07, 6.45) is 8.99. The van der Waals surface area contributed by atoms with Gasteiger partial charge in [0.05, 0.1) is 12.6 Å². The highest BCUT2D eigenvalue weighted by molar-refractivity contribution is 7.89. The third-order valence-corrected chi connectivity index (χ3v) is 9.09. The van der Waals surface area contributed by atoms with Gasteiger partial charge >= 0.3 is 0 Å². The summed E-state index contributed by atoms with van der Waals surface area (Å²) in [6.45, 7) is 0.365. The minimum atomic E-state index is -3.91. The van der Waals surface area contributed by atoms with Crippen LogP contribution in [0.2, 0.25) is 0 Å². The van der Waals surface area contributed by atoms with Gasteiger partial charge in [0.1, 0.15) is 12.1 Å². The van der Waals surface area contributed by atoms with Gasteiger partial charge in [0.25, 0.3) is 10.0 Å². The fraction of sp³-hybridized carbons (Fsp3) is 0.680. The Labute approximate surface area is 212 Å². The molecule has 2 N–H and O–H groups in total. The summed E-state index contributed by atoms with van der Waals surface area (Å²) in [7, 11) is -3.91. The maximum atomic E-state index is 13.3. The van der Waals surface area contributed by atoms with Gasteiger partial charge in [-0.1, -0.05) is 38.2 Å². The second-order valence-corrected chi connectivity index (χ2v) is 11.9. The lowest BCUT2D eigenvalue weighted by atomic mass is 9.84. The van der Waals surface area contributed by atoms with E-state index in [2.05, 4.69) is 15.6 Å². The number of sulfonamides is 1. The van der Waals surface area contributed by atoms with Gasteiger partial charge in [-0.15, -0.1) is 0 Å². The van der Waals surface area contributed by atoms with Gasteiger partial charge in [0, 0.05) is 19.3 Å². The van der Waals surface area contributed by atoms with Crippen LogP contribution in [0, 0.1) is 5.92 Å². The molecule has 0 spiro atoms. The zero-order valence-corrected chi connectivity index (χ0v) is 21.4. The van der Waals surface area contributed by atoms with E-state index in [0.717, 1.165) is 36.4 Å². The highest BCUT2D eigenvalue weighted by atomic mass is 32.2. The van der Waals surface area contributed by atoms with Crippen molar-refractivity contribution in [3.05, 3.63) is 24.4 Å². The Hall–Kier alpha value is -2.37. The van der Waals surface area contributed by atoms with Gasteiger partial charge in [-0.2, -0.15) is 4.31 Å². The van der Waals surface area contributed by atoms with Crippen molar-refractivity contribution in [2.75, 3.05) is 19.7 Å². The van der Waals surface area contributed by atoms with Crippen LogP contribution in [-0.2, 0) is 29.1 Å². The number of carbonyl (C=O) groups excluding carboxylic acids is 3. The molecule has 0 unspecified atom stereocenters. The van der Waals surface area contributed by atoms with Crippen LogP contribution in [0.3, 0.4) is 0 Å². The van der Waals surface area contributed by atoms with Gasteiger partial charge in [-0.3, -0.25) is 14.4 Å². The van der Waals surface area contributed by atoms with Crippen LogP contribution >= 0.6 is 0 Å². The zero-order valence-electron chi connectivity index (χ0n) is 20.6. The number of amides is 2. The quantitative estimate of drug-likeness (QED) is 0.531. The Kier molecular flexibility index (Phi) is 9.08. The molecular weight excluding hydrogens is 484 g/mol. The summed E-state index contributed by atoms with van der Waals surface area (Å²) in [5.41, 5.74) is 0. The molecule has 4 rings (SSSR count). The number of nitrogens with one attached hydrogen (secondary N) is 2. The second kappa shape index (κ2) is 12.2. The summed E-state index contributed by atoms with van der Waals surface area (Å²) < 4.78 is 32.5. The molecule has 2 aliphatic heterocycles. The first kappa shape index (κ1) is 26.7. The number of ether oxygens (including phenoxy) is 1. The molecule has 198 valence electrons. The van der Waals surface area contributed by atoms with E-state index in [4.69, 9.17) is 4.74 Å². The molecule has 2 amide bonds. The van der Waals surface area contributed by atoms with Crippen molar-refractivity contribution in [1.29, 1.82) is 0 Å². The molecule has 3 atom stereocenters. The molecule has 1 aliphatic carbocycles. The van der Waals surface area contributed by atoms with Crippen molar-refractivity contribution in [3.63, 3.8) is 0 Å². The number of ketones is 1. The van der Waals surface area contributed by atoms with E-state index in [0.29, 0.717) is 38.2 Å². The lowest BCUT2D eigenvalue weighted by Crippen LogP contribution is -2.54. The highest BCUT2D eigenvalue weighted by Gasteiger charge is 2.36. The molecule has 0 radical (unpaired) electrons. The van der Waals surface area contributed by atoms with Crippen LogP contribution in [0.5, 0.6) is 0 Å². The van der Waals surface area contributed by atoms with E-state index in [9.17, 15) is 22.8 Å². The monoisotopic (exact) mass is 520 g/mol. The first-order valence-electron chi connectivity index (χ1n) is 13.0. The molecule has 0 bridgehead atoms. The zero-order chi connectivity index (χ0) is 25.5. The van der Waals surface area contributed by atoms with Gasteiger partial charge in [0.15, 0.2) is 10.8 Å². The normalized spacial score (nSPS) is 25.2. The Bertz CT molecular complexity index is 1020. The summed E-state index contributed by atoms with van der Waals surface area (Å²) in [5, 5.41) is 5.60. The average Bonchev–Trinajstić information content (AvgIpc) is 3.36. The van der Waals surface area contributed by atoms with Crippen LogP contribution in [0.4, 0.5) is 0 Å². The van der Waals surface area contributed by atoms with E-state index in [1.807, 2.05) is 0 Å². The Morgan fingerprint density at radius 2 is 1.89 bits per heavy atom. The van der Waals surface area contributed by atoms with Crippen LogP contribution in [0.15, 0.2) is 29.4 Å². The van der Waals surface area contributed by atoms with Crippen LogP contribution in [0.1, 0.15) is 64.2 Å². The van der Waals surface area contributed by atoms with E-state index in [1.54, 1.807) is 12.1 Å². The SMILES string of the molecule is O=C(N[C@@H]1CCCN(S(=O)(=O)c2ccccn2)CC1=O)[C@H](CC1CCCCC1)NC(=O)[C@H]1CCCO1. The first-order chi connectivity index (χ1) is 17.3. The van der Waals surface area contributed by atoms with E-state index in [1.165, 1.54) is 18.7 Å². The Morgan fingerprint density at radius 1 is 1.08 bits per heavy atom. The lowest BCUT2D eigenvalue weighted by Gasteiger charge is -2.28. The molecular formula is C25H36N4O6S. The van der Waals surface area contributed by atoms with Crippen molar-refractivity contribution in [2.24, 2.45) is 5.92 Å². The molecule has 1 aromatic rings. The van der Waals surface area contributed by atoms with Gasteiger partial charge in [-0.25, -0.2) is 13.4 Å². The standard InChI is InChI=1S/C25H36N4O6S/c30-21-17-29(36(33,34)23-12-4-5-13-26-23)14-6-10-19(21)27-24(31)20(16-18-8-2-1-3-9-18)28-25(32)22-11-7-15-35-22/h4-5,12-13,18-20,22H,1-3,6-11,14-17H2,(H,27,31)(H,28,32)/t19-,20+,22-/m1/s1. The summed E-state index contributed by atoms with van der Waals surface area (Å²) in [6, 6.07) is 3.04. The third-order valence-electron chi connectivity index (χ3n) is 7.33. The molecule has 1 saturated carbocycles. The van der Waals surface area contributed by atoms with Crippen molar-refractivity contribution in [3.8, 4) is 0 Å². The summed E-state index contributed by atoms with van der Waals surface area (Å²) >= 11 is 0. The summed E-state index contributed by atoms with van der Waals surface area (Å²) in [5.74, 6) is -0.722. The van der Waals surface area contributed by atoms with Crippen LogP contribution < -0.4 is 10.6 Å². The maximum Gasteiger partial charge on any atom is 0.260 e. The largest absolute Gasteiger partial charge is 0.368 e. The van der Waals surface area contributed by atoms with Crippen molar-refractivity contribution in [2.45, 2.75) is 87.4 Å². The first-order valence-corrected chi connectivity index (χ1v) is 14.4. The fourth-order valence-corrected chi connectivity index (χ4v) is 6.67. The molecule has 36 heavy (non-hydrogen) atoms. The Balaban J connectivity index is 1.41. The minimum absolute atomic E-state index is 0.107. The number of nitrogens with zero attached hydrogens (tertiary/aromatic N) is 2. The maximum absolute atomic E-state index is 13.3. The molecule has 2 saturated heterocycles. The smallest absolute Gasteiger partial charge is 0.260 e. The van der Waals surface area contributed by atoms with Gasteiger partial charge < -0.3 is 15.4 Å². The Morgan fingerprint density at radius 3 is 2.58 bits per heavy atom. The fourth-order valence-electron chi connectivity index (χ4n) is 5.29. The van der Waals surface area contributed by atoms with Crippen molar-refractivity contribution < 1.29 is 27.5 Å². The highest BCUT2D eigenvalue weighted by Crippen LogP contribution is 2.28. The van der Waals surface area contributed by atoms with E-state index in [-0.39, 0.29) is 29.8 Å². The topological polar surface area (TPSA) is 135 Å². The average molecular weight is 521 g/mol. The third kappa shape index (κ3) is 6.68. The number of rotatable bonds is 8. The van der Waals surface area contributed by atoms with Crippen molar-refractivity contribution >= 4 is 27.6 Å². The number of aromatic nitrogens is 1. The lowest BCUT2D eigenvalue weighted by molar-refractivity contribution is -0.135. The number of Topliss-reactive ketones (excluding diaryl/α,β-unsaturated/α-hetero) is 1. The van der Waals surface area contributed by atoms with Crippen LogP contribution in [-0.4, -0.2) is 73.2 Å². The predicted molar refractivity (Wildman–Crippen MR) is 131 cm³/mol. The van der Waals surface area contributed by atoms with Gasteiger partial charge in [0.2, 0.25) is 11.8 Å². The second-order valence-electron chi connectivity index (χ2n) is 9.98. The molecule has 3 fully saturated rings. The number of hydrogen-bond acceptors (Lipinski definition) is 7. The molecule has 1 aromatic heterocycles. The summed E-state index contributed by atoms with van der Waals surface area (Å²) in [4.78, 5) is 43.0. The minimum Gasteiger partial charge on any atom is -0.368 e. The molecule has 3 heterocycles. The number of pyridine rings is 1. The molecule has 10 nitrogen and oxygen atoms in total. The molecule has 0 aromatic carbocycles. The number of hydrogen-bond donors (Lipinski definition) is 2. The molecule has 11 heteroatoms. The van der Waals surface area contributed by atoms with Crippen LogP contribution in [0.25, 0.3) is 0 Å². The van der Waals surface area contributed by atoms with E-state index < -0.39 is 34.1 Å². The predicted octanol–water partition coefficient (Wildman–Crippen LogP) is 1.55. The molecule has 3 aliphatic rings. The number of carbonyl (C=O) groups is 3. The van der Waals surface area contributed by atoms with E-state index >= 15 is 0 Å². The van der Waals surface area contributed by atoms with Crippen molar-refractivity contribution in [1.82, 2.24) is 19.9 Å².